The Labute approximate surface area is 248 Å². The summed E-state index contributed by atoms with van der Waals surface area (Å²) in [5, 5.41) is 24.2. The molecular weight excluding hydrogens is 607 g/mol. The van der Waals surface area contributed by atoms with Gasteiger partial charge in [-0.25, -0.2) is 9.97 Å². The Morgan fingerprint density at radius 1 is 0.439 bits per heavy atom. The van der Waals surface area contributed by atoms with Gasteiger partial charge in [0, 0.05) is 31.2 Å². The molecule has 0 spiro atoms. The first-order valence-electron chi connectivity index (χ1n) is 12.8. The van der Waals surface area contributed by atoms with Gasteiger partial charge in [-0.15, -0.1) is 0 Å². The average molecular weight is 629 g/mol. The second kappa shape index (κ2) is 10.9. The molecule has 0 radical (unpaired) electrons. The molecule has 8 rings (SSSR count). The van der Waals surface area contributed by atoms with Crippen molar-refractivity contribution in [3.05, 3.63) is 121 Å². The van der Waals surface area contributed by atoms with E-state index in [-0.39, 0.29) is 31.9 Å². The molecule has 0 atom stereocenters. The summed E-state index contributed by atoms with van der Waals surface area (Å²) in [6, 6.07) is 38.0. The van der Waals surface area contributed by atoms with E-state index in [0.29, 0.717) is 22.9 Å². The number of phenols is 2. The molecule has 2 N–H and O–H groups in total. The van der Waals surface area contributed by atoms with Crippen LogP contribution < -0.4 is 0 Å². The number of aromatic hydroxyl groups is 2. The van der Waals surface area contributed by atoms with E-state index in [2.05, 4.69) is 9.97 Å². The quantitative estimate of drug-likeness (QED) is 0.186. The van der Waals surface area contributed by atoms with Gasteiger partial charge in [-0.2, -0.15) is 0 Å². The molecule has 0 fully saturated rings. The second-order valence-corrected chi connectivity index (χ2v) is 9.34. The van der Waals surface area contributed by atoms with E-state index in [1.165, 1.54) is 0 Å². The summed E-state index contributed by atoms with van der Waals surface area (Å²) in [5.74, 6) is 1.22. The standard InChI is InChI=1S/2C17H11NO2.Pd/c2*19-14-8-4-3-7-13(14)17-18-16-12-6-2-1-5-11(12)9-10-15(16)20-17;/h2*1-10,19H;. The first-order valence-corrected chi connectivity index (χ1v) is 12.8. The third kappa shape index (κ3) is 4.83. The molecule has 0 unspecified atom stereocenters. The molecule has 7 heteroatoms. The monoisotopic (exact) mass is 628 g/mol. The van der Waals surface area contributed by atoms with Crippen molar-refractivity contribution in [2.75, 3.05) is 0 Å². The summed E-state index contributed by atoms with van der Waals surface area (Å²) >= 11 is 0. The number of phenolic OH excluding ortho intramolecular Hbond substituents is 2. The van der Waals surface area contributed by atoms with Gasteiger partial charge in [0.25, 0.3) is 0 Å². The Hall–Kier alpha value is -4.96. The maximum Gasteiger partial charge on any atom is 0.231 e. The molecule has 0 amide bonds. The van der Waals surface area contributed by atoms with Crippen molar-refractivity contribution in [2.24, 2.45) is 0 Å². The Morgan fingerprint density at radius 3 is 1.27 bits per heavy atom. The van der Waals surface area contributed by atoms with E-state index < -0.39 is 0 Å². The van der Waals surface area contributed by atoms with Crippen molar-refractivity contribution in [2.45, 2.75) is 0 Å². The number of hydrogen-bond donors (Lipinski definition) is 2. The molecule has 8 aromatic rings. The minimum atomic E-state index is 0. The summed E-state index contributed by atoms with van der Waals surface area (Å²) in [5.41, 5.74) is 4.30. The van der Waals surface area contributed by atoms with Gasteiger partial charge in [0.15, 0.2) is 11.2 Å². The molecular formula is C34H22N2O4Pd. The topological polar surface area (TPSA) is 92.5 Å². The van der Waals surface area contributed by atoms with Crippen LogP contribution in [0.3, 0.4) is 0 Å². The van der Waals surface area contributed by atoms with Crippen molar-refractivity contribution in [3.63, 3.8) is 0 Å². The Kier molecular flexibility index (Phi) is 6.98. The second-order valence-electron chi connectivity index (χ2n) is 9.34. The van der Waals surface area contributed by atoms with Crippen molar-refractivity contribution in [1.29, 1.82) is 0 Å². The smallest absolute Gasteiger partial charge is 0.231 e. The molecule has 0 saturated heterocycles. The van der Waals surface area contributed by atoms with Gasteiger partial charge >= 0.3 is 0 Å². The van der Waals surface area contributed by atoms with Crippen LogP contribution in [0.5, 0.6) is 11.5 Å². The number of aromatic nitrogens is 2. The molecule has 2 heterocycles. The molecule has 0 aliphatic rings. The summed E-state index contributed by atoms with van der Waals surface area (Å²) in [6.07, 6.45) is 0. The van der Waals surface area contributed by atoms with Crippen LogP contribution >= 0.6 is 0 Å². The van der Waals surface area contributed by atoms with Gasteiger partial charge in [-0.3, -0.25) is 0 Å². The number of oxazole rings is 2. The van der Waals surface area contributed by atoms with Crippen LogP contribution in [0, 0.1) is 0 Å². The van der Waals surface area contributed by atoms with Crippen LogP contribution in [-0.4, -0.2) is 20.2 Å². The third-order valence-electron chi connectivity index (χ3n) is 6.84. The van der Waals surface area contributed by atoms with Crippen molar-refractivity contribution in [3.8, 4) is 34.4 Å². The van der Waals surface area contributed by atoms with Gasteiger partial charge in [-0.05, 0) is 47.2 Å². The molecule has 6 nitrogen and oxygen atoms in total. The molecule has 0 aliphatic carbocycles. The van der Waals surface area contributed by atoms with Crippen LogP contribution in [0.25, 0.3) is 66.7 Å². The Morgan fingerprint density at radius 2 is 0.829 bits per heavy atom. The van der Waals surface area contributed by atoms with E-state index >= 15 is 0 Å². The zero-order chi connectivity index (χ0) is 27.1. The number of fused-ring (bicyclic) bond motifs is 6. The molecule has 41 heavy (non-hydrogen) atoms. The fraction of sp³-hybridized carbons (Fsp3) is 0. The molecule has 6 aromatic carbocycles. The van der Waals surface area contributed by atoms with E-state index in [0.717, 1.165) is 43.7 Å². The van der Waals surface area contributed by atoms with Crippen LogP contribution in [0.4, 0.5) is 0 Å². The van der Waals surface area contributed by atoms with Crippen molar-refractivity contribution in [1.82, 2.24) is 9.97 Å². The van der Waals surface area contributed by atoms with Gasteiger partial charge < -0.3 is 19.0 Å². The van der Waals surface area contributed by atoms with Crippen molar-refractivity contribution < 1.29 is 39.5 Å². The van der Waals surface area contributed by atoms with Crippen LogP contribution in [0.15, 0.2) is 130 Å². The number of para-hydroxylation sites is 2. The number of hydrogen-bond acceptors (Lipinski definition) is 6. The number of rotatable bonds is 2. The molecule has 0 aliphatic heterocycles. The molecule has 2 aromatic heterocycles. The minimum absolute atomic E-state index is 0. The minimum Gasteiger partial charge on any atom is -0.507 e. The zero-order valence-electron chi connectivity index (χ0n) is 21.5. The number of benzene rings is 6. The third-order valence-corrected chi connectivity index (χ3v) is 6.84. The first-order chi connectivity index (χ1) is 19.7. The SMILES string of the molecule is Oc1ccccc1-c1nc2c(ccc3ccccc32)o1.Oc1ccccc1-c1nc2c(ccc3ccccc32)o1.[Pd]. The van der Waals surface area contributed by atoms with Crippen LogP contribution in [0.1, 0.15) is 0 Å². The van der Waals surface area contributed by atoms with Crippen LogP contribution in [-0.2, 0) is 20.4 Å². The van der Waals surface area contributed by atoms with Gasteiger partial charge in [0.2, 0.25) is 11.8 Å². The largest absolute Gasteiger partial charge is 0.507 e. The van der Waals surface area contributed by atoms with Gasteiger partial charge in [-0.1, -0.05) is 84.9 Å². The van der Waals surface area contributed by atoms with E-state index in [1.807, 2.05) is 84.9 Å². The molecule has 202 valence electrons. The van der Waals surface area contributed by atoms with Crippen LogP contribution in [0.2, 0.25) is 0 Å². The van der Waals surface area contributed by atoms with E-state index in [4.69, 9.17) is 8.83 Å². The summed E-state index contributed by atoms with van der Waals surface area (Å²) in [6.45, 7) is 0. The molecule has 0 bridgehead atoms. The fourth-order valence-electron chi connectivity index (χ4n) is 4.86. The normalized spacial score (nSPS) is 10.9. The average Bonchev–Trinajstić information content (AvgIpc) is 3.63. The molecule has 0 saturated carbocycles. The van der Waals surface area contributed by atoms with E-state index in [9.17, 15) is 10.2 Å². The van der Waals surface area contributed by atoms with E-state index in [1.54, 1.807) is 36.4 Å². The Balaban J connectivity index is 0.000000144. The Bertz CT molecular complexity index is 2010. The van der Waals surface area contributed by atoms with Gasteiger partial charge in [0.1, 0.15) is 22.5 Å². The zero-order valence-corrected chi connectivity index (χ0v) is 23.0. The fourth-order valence-corrected chi connectivity index (χ4v) is 4.86. The summed E-state index contributed by atoms with van der Waals surface area (Å²) < 4.78 is 11.5. The maximum absolute atomic E-state index is 9.90. The summed E-state index contributed by atoms with van der Waals surface area (Å²) in [4.78, 5) is 9.09. The van der Waals surface area contributed by atoms with Crippen molar-refractivity contribution >= 4 is 43.7 Å². The summed E-state index contributed by atoms with van der Waals surface area (Å²) in [7, 11) is 0. The van der Waals surface area contributed by atoms with Gasteiger partial charge in [0.05, 0.1) is 11.1 Å². The predicted octanol–water partition coefficient (Wildman–Crippen LogP) is 8.70. The number of nitrogens with zero attached hydrogens (tertiary/aromatic N) is 2. The first kappa shape index (κ1) is 26.3. The maximum atomic E-state index is 9.90. The predicted molar refractivity (Wildman–Crippen MR) is 157 cm³/mol.